The molecule has 1 atom stereocenters. The third-order valence-corrected chi connectivity index (χ3v) is 2.97. The Morgan fingerprint density at radius 1 is 1.44 bits per heavy atom. The van der Waals surface area contributed by atoms with Crippen LogP contribution in [0.3, 0.4) is 0 Å². The summed E-state index contributed by atoms with van der Waals surface area (Å²) in [5, 5.41) is 11.6. The molecule has 5 nitrogen and oxygen atoms in total. The summed E-state index contributed by atoms with van der Waals surface area (Å²) in [6, 6.07) is 4.23. The molecule has 0 radical (unpaired) electrons. The van der Waals surface area contributed by atoms with Crippen LogP contribution in [0.2, 0.25) is 0 Å². The SMILES string of the molecule is CCC(C)Cn1nnnc1-c1ccc(F)cc1N. The predicted molar refractivity (Wildman–Crippen MR) is 67.1 cm³/mol. The van der Waals surface area contributed by atoms with Crippen LogP contribution >= 0.6 is 0 Å². The number of benzene rings is 1. The van der Waals surface area contributed by atoms with Gasteiger partial charge < -0.3 is 5.73 Å². The number of nitrogens with two attached hydrogens (primary N) is 1. The molecule has 6 heteroatoms. The molecule has 2 N–H and O–H groups in total. The van der Waals surface area contributed by atoms with Crippen LogP contribution in [0.4, 0.5) is 10.1 Å². The summed E-state index contributed by atoms with van der Waals surface area (Å²) >= 11 is 0. The molecule has 0 aliphatic carbocycles. The number of anilines is 1. The molecule has 1 unspecified atom stereocenters. The Kier molecular flexibility index (Phi) is 3.55. The highest BCUT2D eigenvalue weighted by Crippen LogP contribution is 2.24. The van der Waals surface area contributed by atoms with Gasteiger partial charge in [0.05, 0.1) is 0 Å². The van der Waals surface area contributed by atoms with Gasteiger partial charge in [-0.15, -0.1) is 5.10 Å². The zero-order valence-electron chi connectivity index (χ0n) is 10.5. The highest BCUT2D eigenvalue weighted by Gasteiger charge is 2.13. The first-order chi connectivity index (χ1) is 8.61. The average molecular weight is 249 g/mol. The molecule has 1 aromatic heterocycles. The number of hydrogen-bond donors (Lipinski definition) is 1. The van der Waals surface area contributed by atoms with E-state index in [2.05, 4.69) is 29.4 Å². The molecule has 0 saturated carbocycles. The lowest BCUT2D eigenvalue weighted by molar-refractivity contribution is 0.434. The molecule has 1 heterocycles. The molecule has 2 aromatic rings. The van der Waals surface area contributed by atoms with Crippen LogP contribution in [0.25, 0.3) is 11.4 Å². The molecule has 1 aromatic carbocycles. The molecule has 0 aliphatic rings. The van der Waals surface area contributed by atoms with E-state index in [0.29, 0.717) is 23.0 Å². The van der Waals surface area contributed by atoms with Crippen LogP contribution in [-0.2, 0) is 6.54 Å². The van der Waals surface area contributed by atoms with E-state index in [0.717, 1.165) is 13.0 Å². The Labute approximate surface area is 105 Å². The van der Waals surface area contributed by atoms with Gasteiger partial charge in [-0.25, -0.2) is 9.07 Å². The second kappa shape index (κ2) is 5.12. The second-order valence-electron chi connectivity index (χ2n) is 4.43. The van der Waals surface area contributed by atoms with Crippen molar-refractivity contribution in [3.63, 3.8) is 0 Å². The van der Waals surface area contributed by atoms with Crippen LogP contribution < -0.4 is 5.73 Å². The smallest absolute Gasteiger partial charge is 0.184 e. The van der Waals surface area contributed by atoms with Gasteiger partial charge >= 0.3 is 0 Å². The van der Waals surface area contributed by atoms with Crippen LogP contribution in [-0.4, -0.2) is 20.2 Å². The molecular weight excluding hydrogens is 233 g/mol. The maximum Gasteiger partial charge on any atom is 0.184 e. The largest absolute Gasteiger partial charge is 0.398 e. The highest BCUT2D eigenvalue weighted by molar-refractivity contribution is 5.71. The summed E-state index contributed by atoms with van der Waals surface area (Å²) in [5.74, 6) is 0.680. The number of hydrogen-bond acceptors (Lipinski definition) is 4. The van der Waals surface area contributed by atoms with E-state index < -0.39 is 0 Å². The summed E-state index contributed by atoms with van der Waals surface area (Å²) in [6.45, 7) is 4.95. The number of aromatic nitrogens is 4. The Balaban J connectivity index is 2.36. The van der Waals surface area contributed by atoms with Gasteiger partial charge in [0.25, 0.3) is 0 Å². The van der Waals surface area contributed by atoms with Crippen LogP contribution in [0.15, 0.2) is 18.2 Å². The monoisotopic (exact) mass is 249 g/mol. The number of nitrogen functional groups attached to an aromatic ring is 1. The van der Waals surface area contributed by atoms with E-state index in [1.54, 1.807) is 10.7 Å². The predicted octanol–water partition coefficient (Wildman–Crippen LogP) is 2.11. The van der Waals surface area contributed by atoms with Gasteiger partial charge in [0.15, 0.2) is 5.82 Å². The quantitative estimate of drug-likeness (QED) is 0.842. The minimum atomic E-state index is -0.364. The zero-order chi connectivity index (χ0) is 13.1. The lowest BCUT2D eigenvalue weighted by Gasteiger charge is -2.10. The minimum Gasteiger partial charge on any atom is -0.398 e. The topological polar surface area (TPSA) is 69.6 Å². The van der Waals surface area contributed by atoms with Gasteiger partial charge in [0.1, 0.15) is 5.82 Å². The van der Waals surface area contributed by atoms with E-state index in [-0.39, 0.29) is 5.82 Å². The average Bonchev–Trinajstić information content (AvgIpc) is 2.77. The standard InChI is InChI=1S/C12H16FN5/c1-3-8(2)7-18-12(15-16-17-18)10-5-4-9(13)6-11(10)14/h4-6,8H,3,7,14H2,1-2H3. The molecular formula is C12H16FN5. The number of nitrogens with zero attached hydrogens (tertiary/aromatic N) is 4. The first-order valence-corrected chi connectivity index (χ1v) is 5.93. The molecule has 96 valence electrons. The van der Waals surface area contributed by atoms with E-state index >= 15 is 0 Å². The van der Waals surface area contributed by atoms with Crippen molar-refractivity contribution in [1.82, 2.24) is 20.2 Å². The van der Waals surface area contributed by atoms with Crippen molar-refractivity contribution in [2.45, 2.75) is 26.8 Å². The van der Waals surface area contributed by atoms with Crippen molar-refractivity contribution in [2.75, 3.05) is 5.73 Å². The van der Waals surface area contributed by atoms with Crippen molar-refractivity contribution in [2.24, 2.45) is 5.92 Å². The lowest BCUT2D eigenvalue weighted by atomic mass is 10.1. The molecule has 0 saturated heterocycles. The Morgan fingerprint density at radius 2 is 2.22 bits per heavy atom. The third-order valence-electron chi connectivity index (χ3n) is 2.97. The second-order valence-corrected chi connectivity index (χ2v) is 4.43. The first-order valence-electron chi connectivity index (χ1n) is 5.93. The Hall–Kier alpha value is -1.98. The normalized spacial score (nSPS) is 12.6. The fourth-order valence-corrected chi connectivity index (χ4v) is 1.68. The van der Waals surface area contributed by atoms with Crippen LogP contribution in [0, 0.1) is 11.7 Å². The van der Waals surface area contributed by atoms with E-state index in [9.17, 15) is 4.39 Å². The molecule has 0 bridgehead atoms. The Morgan fingerprint density at radius 3 is 2.89 bits per heavy atom. The van der Waals surface area contributed by atoms with Gasteiger partial charge in [0, 0.05) is 17.8 Å². The van der Waals surface area contributed by atoms with Crippen LogP contribution in [0.1, 0.15) is 20.3 Å². The van der Waals surface area contributed by atoms with Crippen molar-refractivity contribution in [3.05, 3.63) is 24.0 Å². The molecule has 2 rings (SSSR count). The first kappa shape index (κ1) is 12.5. The van der Waals surface area contributed by atoms with Crippen molar-refractivity contribution >= 4 is 5.69 Å². The van der Waals surface area contributed by atoms with Crippen molar-refractivity contribution in [1.29, 1.82) is 0 Å². The fourth-order valence-electron chi connectivity index (χ4n) is 1.68. The van der Waals surface area contributed by atoms with E-state index in [1.165, 1.54) is 12.1 Å². The maximum absolute atomic E-state index is 13.0. The fraction of sp³-hybridized carbons (Fsp3) is 0.417. The Bertz CT molecular complexity index is 537. The summed E-state index contributed by atoms with van der Waals surface area (Å²) < 4.78 is 14.7. The van der Waals surface area contributed by atoms with Crippen molar-refractivity contribution in [3.8, 4) is 11.4 Å². The van der Waals surface area contributed by atoms with Gasteiger partial charge in [-0.2, -0.15) is 0 Å². The van der Waals surface area contributed by atoms with Crippen molar-refractivity contribution < 1.29 is 4.39 Å². The van der Waals surface area contributed by atoms with E-state index in [1.807, 2.05) is 0 Å². The van der Waals surface area contributed by atoms with Gasteiger partial charge in [-0.1, -0.05) is 20.3 Å². The van der Waals surface area contributed by atoms with E-state index in [4.69, 9.17) is 5.73 Å². The molecule has 18 heavy (non-hydrogen) atoms. The molecule has 0 fully saturated rings. The molecule has 0 aliphatic heterocycles. The number of tetrazole rings is 1. The number of rotatable bonds is 4. The van der Waals surface area contributed by atoms with Crippen LogP contribution in [0.5, 0.6) is 0 Å². The minimum absolute atomic E-state index is 0.343. The summed E-state index contributed by atoms with van der Waals surface area (Å²) in [6.07, 6.45) is 1.04. The number of halogens is 1. The molecule has 0 spiro atoms. The molecule has 0 amide bonds. The summed E-state index contributed by atoms with van der Waals surface area (Å²) in [4.78, 5) is 0. The summed E-state index contributed by atoms with van der Waals surface area (Å²) in [7, 11) is 0. The highest BCUT2D eigenvalue weighted by atomic mass is 19.1. The van der Waals surface area contributed by atoms with Gasteiger partial charge in [0.2, 0.25) is 0 Å². The van der Waals surface area contributed by atoms with Gasteiger partial charge in [-0.3, -0.25) is 0 Å². The lowest BCUT2D eigenvalue weighted by Crippen LogP contribution is -2.10. The maximum atomic E-state index is 13.0. The van der Waals surface area contributed by atoms with Gasteiger partial charge in [-0.05, 0) is 34.5 Å². The zero-order valence-corrected chi connectivity index (χ0v) is 10.5. The third kappa shape index (κ3) is 2.47. The summed E-state index contributed by atoms with van der Waals surface area (Å²) in [5.41, 5.74) is 6.80.